The summed E-state index contributed by atoms with van der Waals surface area (Å²) in [5, 5.41) is -0.0387. The number of hydrogen-bond acceptors (Lipinski definition) is 3. The van der Waals surface area contributed by atoms with Gasteiger partial charge in [-0.1, -0.05) is 63.1 Å². The van der Waals surface area contributed by atoms with Crippen molar-refractivity contribution in [3.63, 3.8) is 0 Å². The van der Waals surface area contributed by atoms with Gasteiger partial charge in [-0.3, -0.25) is 0 Å². The van der Waals surface area contributed by atoms with Gasteiger partial charge in [-0.05, 0) is 23.5 Å². The van der Waals surface area contributed by atoms with Gasteiger partial charge in [0, 0.05) is 13.1 Å². The molecule has 0 radical (unpaired) electrons. The lowest BCUT2D eigenvalue weighted by Crippen LogP contribution is -2.32. The van der Waals surface area contributed by atoms with Crippen molar-refractivity contribution in [1.82, 2.24) is 14.3 Å². The third-order valence-electron chi connectivity index (χ3n) is 3.92. The van der Waals surface area contributed by atoms with E-state index in [4.69, 9.17) is 11.6 Å². The fraction of sp³-hybridized carbons (Fsp3) is 0.471. The van der Waals surface area contributed by atoms with E-state index in [0.717, 1.165) is 18.4 Å². The van der Waals surface area contributed by atoms with E-state index >= 15 is 0 Å². The molecule has 0 aliphatic rings. The third kappa shape index (κ3) is 4.18. The Morgan fingerprint density at radius 2 is 1.88 bits per heavy atom. The number of benzene rings is 1. The van der Waals surface area contributed by atoms with Crippen LogP contribution in [0.3, 0.4) is 0 Å². The zero-order valence-electron chi connectivity index (χ0n) is 14.5. The Morgan fingerprint density at radius 1 is 1.25 bits per heavy atom. The van der Waals surface area contributed by atoms with Gasteiger partial charge in [-0.15, -0.1) is 0 Å². The van der Waals surface area contributed by atoms with Gasteiger partial charge in [0.15, 0.2) is 0 Å². The van der Waals surface area contributed by atoms with Gasteiger partial charge in [0.1, 0.15) is 5.15 Å². The lowest BCUT2D eigenvalue weighted by atomic mass is 9.95. The van der Waals surface area contributed by atoms with Crippen molar-refractivity contribution < 1.29 is 8.42 Å². The highest BCUT2D eigenvalue weighted by Gasteiger charge is 2.28. The Labute approximate surface area is 149 Å². The summed E-state index contributed by atoms with van der Waals surface area (Å²) in [6, 6.07) is 7.73. The molecule has 2 rings (SSSR count). The normalized spacial score (nSPS) is 13.4. The second-order valence-electron chi connectivity index (χ2n) is 6.29. The standard InChI is InChI=1S/C17H24ClN3O2S/c1-5-6-13-7-9-14(10-8-13)15(12(2)3)20-24(22,23)17-16(18)21(4)11-19-17/h7-12,15,20H,5-6H2,1-4H3. The van der Waals surface area contributed by atoms with Crippen LogP contribution in [-0.4, -0.2) is 18.0 Å². The van der Waals surface area contributed by atoms with Crippen LogP contribution in [0.25, 0.3) is 0 Å². The van der Waals surface area contributed by atoms with Crippen LogP contribution >= 0.6 is 11.6 Å². The van der Waals surface area contributed by atoms with Gasteiger partial charge < -0.3 is 4.57 Å². The van der Waals surface area contributed by atoms with Gasteiger partial charge >= 0.3 is 0 Å². The van der Waals surface area contributed by atoms with Crippen LogP contribution in [0, 0.1) is 5.92 Å². The number of nitrogens with one attached hydrogen (secondary N) is 1. The van der Waals surface area contributed by atoms with Gasteiger partial charge in [0.05, 0.1) is 6.33 Å². The molecule has 1 unspecified atom stereocenters. The van der Waals surface area contributed by atoms with E-state index in [1.165, 1.54) is 16.5 Å². The van der Waals surface area contributed by atoms with Gasteiger partial charge in [-0.25, -0.2) is 18.1 Å². The molecule has 1 atom stereocenters. The van der Waals surface area contributed by atoms with Crippen molar-refractivity contribution >= 4 is 21.6 Å². The van der Waals surface area contributed by atoms with Crippen molar-refractivity contribution in [2.45, 2.75) is 44.7 Å². The van der Waals surface area contributed by atoms with Crippen LogP contribution in [0.1, 0.15) is 44.4 Å². The zero-order chi connectivity index (χ0) is 17.9. The minimum absolute atomic E-state index is 0.0827. The topological polar surface area (TPSA) is 64.0 Å². The first-order chi connectivity index (χ1) is 11.3. The fourth-order valence-corrected chi connectivity index (χ4v) is 4.37. The Balaban J connectivity index is 2.30. The van der Waals surface area contributed by atoms with Crippen molar-refractivity contribution in [2.75, 3.05) is 0 Å². The first-order valence-electron chi connectivity index (χ1n) is 8.04. The highest BCUT2D eigenvalue weighted by molar-refractivity contribution is 7.89. The Hall–Kier alpha value is -1.37. The van der Waals surface area contributed by atoms with Gasteiger partial charge in [0.25, 0.3) is 10.0 Å². The molecule has 0 spiro atoms. The molecule has 7 heteroatoms. The summed E-state index contributed by atoms with van der Waals surface area (Å²) in [7, 11) is -2.14. The average Bonchev–Trinajstić information content (AvgIpc) is 2.86. The quantitative estimate of drug-likeness (QED) is 0.809. The summed E-state index contributed by atoms with van der Waals surface area (Å²) in [5.41, 5.74) is 2.18. The van der Waals surface area contributed by atoms with E-state index in [1.807, 2.05) is 26.0 Å². The zero-order valence-corrected chi connectivity index (χ0v) is 16.0. The third-order valence-corrected chi connectivity index (χ3v) is 5.84. The van der Waals surface area contributed by atoms with Crippen LogP contribution in [0.4, 0.5) is 0 Å². The molecule has 0 bridgehead atoms. The molecule has 24 heavy (non-hydrogen) atoms. The molecular weight excluding hydrogens is 346 g/mol. The number of imidazole rings is 1. The molecule has 0 aliphatic heterocycles. The minimum atomic E-state index is -3.80. The second-order valence-corrected chi connectivity index (χ2v) is 8.27. The SMILES string of the molecule is CCCc1ccc(C(NS(=O)(=O)c2ncn(C)c2Cl)C(C)C)cc1. The maximum Gasteiger partial charge on any atom is 0.261 e. The lowest BCUT2D eigenvalue weighted by molar-refractivity contribution is 0.462. The number of rotatable bonds is 7. The Kier molecular flexibility index (Phi) is 6.06. The predicted molar refractivity (Wildman–Crippen MR) is 96.6 cm³/mol. The summed E-state index contributed by atoms with van der Waals surface area (Å²) in [6.45, 7) is 6.09. The number of aromatic nitrogens is 2. The van der Waals surface area contributed by atoms with Crippen molar-refractivity contribution in [1.29, 1.82) is 0 Å². The molecule has 0 saturated carbocycles. The molecule has 1 N–H and O–H groups in total. The summed E-state index contributed by atoms with van der Waals surface area (Å²) < 4.78 is 29.5. The Morgan fingerprint density at radius 3 is 2.33 bits per heavy atom. The molecule has 2 aromatic rings. The van der Waals surface area contributed by atoms with E-state index in [1.54, 1.807) is 7.05 Å². The average molecular weight is 370 g/mol. The number of nitrogens with zero attached hydrogens (tertiary/aromatic N) is 2. The summed E-state index contributed by atoms with van der Waals surface area (Å²) >= 11 is 6.04. The largest absolute Gasteiger partial charge is 0.324 e. The second kappa shape index (κ2) is 7.68. The molecule has 1 aromatic heterocycles. The van der Waals surface area contributed by atoms with Gasteiger partial charge in [-0.2, -0.15) is 0 Å². The summed E-state index contributed by atoms with van der Waals surface area (Å²) in [6.07, 6.45) is 3.49. The first-order valence-corrected chi connectivity index (χ1v) is 9.90. The highest BCUT2D eigenvalue weighted by atomic mass is 35.5. The van der Waals surface area contributed by atoms with E-state index in [0.29, 0.717) is 0 Å². The van der Waals surface area contributed by atoms with Gasteiger partial charge in [0.2, 0.25) is 5.03 Å². The molecule has 0 fully saturated rings. The predicted octanol–water partition coefficient (Wildman–Crippen LogP) is 3.70. The summed E-state index contributed by atoms with van der Waals surface area (Å²) in [5.74, 6) is 0.0827. The number of halogens is 1. The maximum absolute atomic E-state index is 12.7. The van der Waals surface area contributed by atoms with Crippen molar-refractivity contribution in [2.24, 2.45) is 13.0 Å². The molecule has 0 saturated heterocycles. The molecule has 5 nitrogen and oxygen atoms in total. The molecule has 0 amide bonds. The highest BCUT2D eigenvalue weighted by Crippen LogP contribution is 2.26. The van der Waals surface area contributed by atoms with Crippen molar-refractivity contribution in [3.8, 4) is 0 Å². The molecule has 1 heterocycles. The Bertz CT molecular complexity index is 783. The molecular formula is C17H24ClN3O2S. The number of aryl methyl sites for hydroxylation is 2. The van der Waals surface area contributed by atoms with Crippen LogP contribution in [0.5, 0.6) is 0 Å². The lowest BCUT2D eigenvalue weighted by Gasteiger charge is -2.22. The first kappa shape index (κ1) is 19.0. The maximum atomic E-state index is 12.7. The number of hydrogen-bond donors (Lipinski definition) is 1. The van der Waals surface area contributed by atoms with E-state index in [9.17, 15) is 8.42 Å². The fourth-order valence-electron chi connectivity index (χ4n) is 2.57. The van der Waals surface area contributed by atoms with E-state index in [-0.39, 0.29) is 22.1 Å². The minimum Gasteiger partial charge on any atom is -0.324 e. The monoisotopic (exact) mass is 369 g/mol. The van der Waals surface area contributed by atoms with Crippen LogP contribution < -0.4 is 4.72 Å². The smallest absolute Gasteiger partial charge is 0.261 e. The number of sulfonamides is 1. The van der Waals surface area contributed by atoms with E-state index < -0.39 is 10.0 Å². The van der Waals surface area contributed by atoms with Crippen LogP contribution in [-0.2, 0) is 23.5 Å². The molecule has 1 aromatic carbocycles. The molecule has 132 valence electrons. The molecule has 0 aliphatic carbocycles. The summed E-state index contributed by atoms with van der Waals surface area (Å²) in [4.78, 5) is 3.91. The van der Waals surface area contributed by atoms with Crippen LogP contribution in [0.2, 0.25) is 5.15 Å². The van der Waals surface area contributed by atoms with E-state index in [2.05, 4.69) is 28.8 Å². The van der Waals surface area contributed by atoms with Crippen LogP contribution in [0.15, 0.2) is 35.6 Å². The van der Waals surface area contributed by atoms with Crippen molar-refractivity contribution in [3.05, 3.63) is 46.9 Å².